The zero-order valence-electron chi connectivity index (χ0n) is 12.8. The first-order chi connectivity index (χ1) is 11.6. The molecule has 1 heterocycles. The number of halogens is 1. The highest BCUT2D eigenvalue weighted by Crippen LogP contribution is 2.37. The van der Waals surface area contributed by atoms with Crippen LogP contribution in [0.1, 0.15) is 33.6 Å². The highest BCUT2D eigenvalue weighted by Gasteiger charge is 2.25. The summed E-state index contributed by atoms with van der Waals surface area (Å²) < 4.78 is 6.76. The molecule has 1 aliphatic rings. The van der Waals surface area contributed by atoms with E-state index >= 15 is 0 Å². The number of nitrogens with zero attached hydrogens (tertiary/aromatic N) is 1. The molecule has 1 amide bonds. The number of hydrogen-bond donors (Lipinski definition) is 1. The number of para-hydroxylation sites is 1. The maximum Gasteiger partial charge on any atom is 0.349 e. The molecule has 2 aromatic carbocycles. The van der Waals surface area contributed by atoms with Gasteiger partial charge in [-0.2, -0.15) is 0 Å². The normalized spacial score (nSPS) is 14.2. The fourth-order valence-electron chi connectivity index (χ4n) is 3.27. The molecule has 0 atom stereocenters. The average molecular weight is 387 g/mol. The predicted molar refractivity (Wildman–Crippen MR) is 95.0 cm³/mol. The fraction of sp³-hybridized carbons (Fsp3) is 0.222. The monoisotopic (exact) mass is 386 g/mol. The van der Waals surface area contributed by atoms with Crippen molar-refractivity contribution in [1.82, 2.24) is 4.57 Å². The molecule has 1 aliphatic carbocycles. The van der Waals surface area contributed by atoms with E-state index in [2.05, 4.69) is 24.7 Å². The van der Waals surface area contributed by atoms with Gasteiger partial charge in [0, 0.05) is 22.8 Å². The lowest BCUT2D eigenvalue weighted by Gasteiger charge is -2.09. The van der Waals surface area contributed by atoms with E-state index in [0.29, 0.717) is 17.0 Å². The molecule has 1 saturated carbocycles. The molecule has 0 saturated heterocycles. The molecule has 4 rings (SSSR count). The maximum absolute atomic E-state index is 11.9. The topological polar surface area (TPSA) is 74.3 Å². The number of amides is 1. The summed E-state index contributed by atoms with van der Waals surface area (Å²) in [4.78, 5) is 23.7. The molecule has 1 fully saturated rings. The van der Waals surface area contributed by atoms with Crippen LogP contribution in [-0.4, -0.2) is 16.4 Å². The van der Waals surface area contributed by atoms with Crippen molar-refractivity contribution in [2.75, 3.05) is 0 Å². The van der Waals surface area contributed by atoms with Crippen molar-refractivity contribution in [3.8, 4) is 0 Å². The number of primary amides is 1. The lowest BCUT2D eigenvalue weighted by atomic mass is 10.1. The summed E-state index contributed by atoms with van der Waals surface area (Å²) in [5.41, 5.74) is 8.31. The minimum absolute atomic E-state index is 0.444. The smallest absolute Gasteiger partial charge is 0.349 e. The third kappa shape index (κ3) is 2.38. The summed E-state index contributed by atoms with van der Waals surface area (Å²) >= 11 is 2.73. The molecule has 0 unspecified atom stereocenters. The summed E-state index contributed by atoms with van der Waals surface area (Å²) in [6, 6.07) is 11.0. The first kappa shape index (κ1) is 15.2. The fourth-order valence-corrected chi connectivity index (χ4v) is 3.46. The van der Waals surface area contributed by atoms with Crippen molar-refractivity contribution in [3.05, 3.63) is 47.5 Å². The van der Waals surface area contributed by atoms with Crippen molar-refractivity contribution in [2.24, 2.45) is 11.7 Å². The van der Waals surface area contributed by atoms with Gasteiger partial charge in [-0.25, -0.2) is 4.79 Å². The molecule has 5 nitrogen and oxygen atoms in total. The second-order valence-electron chi connectivity index (χ2n) is 6.22. The van der Waals surface area contributed by atoms with Crippen LogP contribution >= 0.6 is 16.3 Å². The Morgan fingerprint density at radius 1 is 1.21 bits per heavy atom. The number of rotatable bonds is 4. The molecule has 3 aromatic rings. The van der Waals surface area contributed by atoms with Crippen molar-refractivity contribution in [2.45, 2.75) is 19.4 Å². The van der Waals surface area contributed by atoms with Gasteiger partial charge in [-0.3, -0.25) is 4.79 Å². The number of nitrogens with two attached hydrogens (primary N) is 1. The highest BCUT2D eigenvalue weighted by atomic mass is 79.9. The maximum atomic E-state index is 11.9. The molecule has 24 heavy (non-hydrogen) atoms. The van der Waals surface area contributed by atoms with Crippen LogP contribution in [0.5, 0.6) is 0 Å². The summed E-state index contributed by atoms with van der Waals surface area (Å²) in [6.07, 6.45) is 2.37. The first-order valence-corrected chi connectivity index (χ1v) is 8.42. The Bertz CT molecular complexity index is 989. The minimum atomic E-state index is -0.449. The van der Waals surface area contributed by atoms with Crippen LogP contribution in [-0.2, 0) is 10.4 Å². The van der Waals surface area contributed by atoms with E-state index in [1.807, 2.05) is 24.3 Å². The van der Waals surface area contributed by atoms with Crippen molar-refractivity contribution in [3.63, 3.8) is 0 Å². The van der Waals surface area contributed by atoms with E-state index < -0.39 is 11.9 Å². The zero-order valence-corrected chi connectivity index (χ0v) is 14.4. The summed E-state index contributed by atoms with van der Waals surface area (Å²) in [5, 5.41) is 1.97. The number of benzene rings is 2. The van der Waals surface area contributed by atoms with Gasteiger partial charge in [0.05, 0.1) is 16.6 Å². The van der Waals surface area contributed by atoms with Gasteiger partial charge in [-0.15, -0.1) is 0 Å². The molecular weight excluding hydrogens is 372 g/mol. The minimum Gasteiger partial charge on any atom is -0.380 e. The molecular formula is C18H15BrN2O3. The van der Waals surface area contributed by atoms with Crippen molar-refractivity contribution in [1.29, 1.82) is 0 Å². The lowest BCUT2D eigenvalue weighted by molar-refractivity contribution is 0.0781. The quantitative estimate of drug-likeness (QED) is 0.741. The lowest BCUT2D eigenvalue weighted by Crippen LogP contribution is -2.13. The average Bonchev–Trinajstić information content (AvgIpc) is 3.36. The van der Waals surface area contributed by atoms with Crippen LogP contribution in [0, 0.1) is 5.92 Å². The Kier molecular flexibility index (Phi) is 3.57. The molecule has 0 radical (unpaired) electrons. The summed E-state index contributed by atoms with van der Waals surface area (Å²) in [5.74, 6) is -0.285. The van der Waals surface area contributed by atoms with E-state index in [9.17, 15) is 9.59 Å². The Morgan fingerprint density at radius 2 is 2.00 bits per heavy atom. The van der Waals surface area contributed by atoms with Gasteiger partial charge in [0.1, 0.15) is 0 Å². The van der Waals surface area contributed by atoms with Crippen LogP contribution in [0.2, 0.25) is 0 Å². The summed E-state index contributed by atoms with van der Waals surface area (Å²) in [6.45, 7) is 0.817. The SMILES string of the molecule is NC(=O)c1cccc2c3ccc(C(=O)OBr)cc3n(CC3CC3)c12. The first-order valence-electron chi connectivity index (χ1n) is 7.78. The third-order valence-electron chi connectivity index (χ3n) is 4.59. The molecule has 2 N–H and O–H groups in total. The standard InChI is InChI=1S/C18H15BrN2O3/c19-24-18(23)11-6-7-12-13-2-1-3-14(17(20)22)16(13)21(15(12)8-11)9-10-4-5-10/h1-3,6-8,10H,4-5,9H2,(H2,20,22). The van der Waals surface area contributed by atoms with Crippen molar-refractivity contribution < 1.29 is 13.4 Å². The van der Waals surface area contributed by atoms with Crippen LogP contribution in [0.4, 0.5) is 0 Å². The molecule has 0 spiro atoms. The molecule has 1 aromatic heterocycles. The zero-order chi connectivity index (χ0) is 16.8. The predicted octanol–water partition coefficient (Wildman–Crippen LogP) is 3.77. The number of carbonyl (C=O) groups excluding carboxylic acids is 2. The van der Waals surface area contributed by atoms with Gasteiger partial charge >= 0.3 is 5.97 Å². The molecule has 122 valence electrons. The largest absolute Gasteiger partial charge is 0.380 e. The number of carbonyl (C=O) groups is 2. The van der Waals surface area contributed by atoms with Crippen LogP contribution in [0.3, 0.4) is 0 Å². The van der Waals surface area contributed by atoms with Gasteiger partial charge in [-0.05, 0) is 37.0 Å². The molecule has 0 aliphatic heterocycles. The molecule has 0 bridgehead atoms. The van der Waals surface area contributed by atoms with Gasteiger partial charge < -0.3 is 14.1 Å². The second-order valence-corrected chi connectivity index (χ2v) is 6.54. The second kappa shape index (κ2) is 5.63. The highest BCUT2D eigenvalue weighted by molar-refractivity contribution is 9.06. The van der Waals surface area contributed by atoms with Gasteiger partial charge in [0.25, 0.3) is 5.91 Å². The molecule has 6 heteroatoms. The number of fused-ring (bicyclic) bond motifs is 3. The van der Waals surface area contributed by atoms with E-state index in [0.717, 1.165) is 28.4 Å². The van der Waals surface area contributed by atoms with E-state index in [1.54, 1.807) is 12.1 Å². The Morgan fingerprint density at radius 3 is 2.67 bits per heavy atom. The third-order valence-corrected chi connectivity index (χ3v) is 4.89. The van der Waals surface area contributed by atoms with Crippen molar-refractivity contribution >= 4 is 49.9 Å². The van der Waals surface area contributed by atoms with Gasteiger partial charge in [-0.1, -0.05) is 18.2 Å². The number of hydrogen-bond acceptors (Lipinski definition) is 3. The van der Waals surface area contributed by atoms with E-state index in [1.165, 1.54) is 12.8 Å². The van der Waals surface area contributed by atoms with E-state index in [-0.39, 0.29) is 0 Å². The van der Waals surface area contributed by atoms with Gasteiger partial charge in [0.15, 0.2) is 16.3 Å². The van der Waals surface area contributed by atoms with Crippen LogP contribution in [0.15, 0.2) is 36.4 Å². The van der Waals surface area contributed by atoms with E-state index in [4.69, 9.17) is 5.73 Å². The Balaban J connectivity index is 2.07. The Hall–Kier alpha value is -2.34. The van der Waals surface area contributed by atoms with Crippen LogP contribution in [0.25, 0.3) is 21.8 Å². The number of aromatic nitrogens is 1. The van der Waals surface area contributed by atoms with Gasteiger partial charge in [0.2, 0.25) is 0 Å². The van der Waals surface area contributed by atoms with Crippen LogP contribution < -0.4 is 5.73 Å². The summed E-state index contributed by atoms with van der Waals surface area (Å²) in [7, 11) is 0. The Labute approximate surface area is 146 Å².